The summed E-state index contributed by atoms with van der Waals surface area (Å²) < 4.78 is 0. The van der Waals surface area contributed by atoms with Gasteiger partial charge in [0.25, 0.3) is 0 Å². The summed E-state index contributed by atoms with van der Waals surface area (Å²) in [6.45, 7) is 5.47. The summed E-state index contributed by atoms with van der Waals surface area (Å²) in [5.74, 6) is 0.346. The molecular formula is C13H16N2OS. The smallest absolute Gasteiger partial charge is 0.120 e. The number of aromatic nitrogens is 1. The molecule has 1 heterocycles. The molecule has 0 bridgehead atoms. The third kappa shape index (κ3) is 3.28. The van der Waals surface area contributed by atoms with Gasteiger partial charge < -0.3 is 10.4 Å². The molecule has 0 radical (unpaired) electrons. The van der Waals surface area contributed by atoms with Crippen molar-refractivity contribution in [3.8, 4) is 5.75 Å². The minimum absolute atomic E-state index is 0.346. The number of phenols is 1. The van der Waals surface area contributed by atoms with Gasteiger partial charge >= 0.3 is 0 Å². The summed E-state index contributed by atoms with van der Waals surface area (Å²) in [4.78, 5) is 5.50. The van der Waals surface area contributed by atoms with E-state index in [0.29, 0.717) is 12.3 Å². The zero-order valence-corrected chi connectivity index (χ0v) is 10.8. The number of hydrogen-bond donors (Lipinski definition) is 2. The number of benzene rings is 1. The van der Waals surface area contributed by atoms with Gasteiger partial charge in [-0.1, -0.05) is 17.7 Å². The second-order valence-electron chi connectivity index (χ2n) is 4.10. The molecule has 3 nitrogen and oxygen atoms in total. The van der Waals surface area contributed by atoms with Gasteiger partial charge in [-0.2, -0.15) is 0 Å². The lowest BCUT2D eigenvalue weighted by atomic mass is 10.1. The third-order valence-corrected chi connectivity index (χ3v) is 3.41. The average molecular weight is 248 g/mol. The number of thiazole rings is 1. The van der Waals surface area contributed by atoms with Crippen LogP contribution in [0.4, 0.5) is 0 Å². The molecule has 2 aromatic rings. The summed E-state index contributed by atoms with van der Waals surface area (Å²) in [6, 6.07) is 5.64. The van der Waals surface area contributed by atoms with Crippen LogP contribution in [0.25, 0.3) is 0 Å². The van der Waals surface area contributed by atoms with E-state index in [2.05, 4.69) is 10.3 Å². The SMILES string of the molecule is Cc1ccc(O)c(CNCc2ncc(C)s2)c1. The van der Waals surface area contributed by atoms with Crippen molar-refractivity contribution in [3.05, 3.63) is 45.4 Å². The highest BCUT2D eigenvalue weighted by Crippen LogP contribution is 2.18. The van der Waals surface area contributed by atoms with E-state index >= 15 is 0 Å². The number of nitrogens with one attached hydrogen (secondary N) is 1. The number of nitrogens with zero attached hydrogens (tertiary/aromatic N) is 1. The fraction of sp³-hybridized carbons (Fsp3) is 0.308. The first kappa shape index (κ1) is 12.1. The van der Waals surface area contributed by atoms with Crippen LogP contribution in [0.5, 0.6) is 5.75 Å². The normalized spacial score (nSPS) is 10.7. The van der Waals surface area contributed by atoms with Crippen LogP contribution in [0.2, 0.25) is 0 Å². The topological polar surface area (TPSA) is 45.1 Å². The predicted molar refractivity (Wildman–Crippen MR) is 70.2 cm³/mol. The molecule has 2 rings (SSSR count). The Morgan fingerprint density at radius 1 is 1.29 bits per heavy atom. The molecule has 0 aliphatic rings. The highest BCUT2D eigenvalue weighted by Gasteiger charge is 2.02. The summed E-state index contributed by atoms with van der Waals surface area (Å²) in [5.41, 5.74) is 2.09. The monoisotopic (exact) mass is 248 g/mol. The Balaban J connectivity index is 1.91. The first-order valence-corrected chi connectivity index (χ1v) is 6.37. The largest absolute Gasteiger partial charge is 0.508 e. The Bertz CT molecular complexity index is 508. The van der Waals surface area contributed by atoms with E-state index in [-0.39, 0.29) is 0 Å². The van der Waals surface area contributed by atoms with Crippen LogP contribution in [-0.4, -0.2) is 10.1 Å². The maximum atomic E-state index is 9.68. The fourth-order valence-corrected chi connectivity index (χ4v) is 2.40. The van der Waals surface area contributed by atoms with Crippen LogP contribution in [0, 0.1) is 13.8 Å². The lowest BCUT2D eigenvalue weighted by Crippen LogP contribution is -2.12. The molecule has 0 spiro atoms. The minimum atomic E-state index is 0.346. The lowest BCUT2D eigenvalue weighted by Gasteiger charge is -2.06. The molecule has 0 fully saturated rings. The molecule has 0 aliphatic heterocycles. The number of aryl methyl sites for hydroxylation is 2. The minimum Gasteiger partial charge on any atom is -0.508 e. The first-order valence-electron chi connectivity index (χ1n) is 5.55. The summed E-state index contributed by atoms with van der Waals surface area (Å²) in [6.07, 6.45) is 1.88. The second kappa shape index (κ2) is 5.29. The Morgan fingerprint density at radius 3 is 2.82 bits per heavy atom. The lowest BCUT2D eigenvalue weighted by molar-refractivity contribution is 0.464. The molecule has 1 aromatic heterocycles. The molecule has 0 unspecified atom stereocenters. The Labute approximate surface area is 105 Å². The zero-order valence-electron chi connectivity index (χ0n) is 10.0. The van der Waals surface area contributed by atoms with Crippen molar-refractivity contribution < 1.29 is 5.11 Å². The van der Waals surface area contributed by atoms with Crippen molar-refractivity contribution in [2.45, 2.75) is 26.9 Å². The molecule has 0 saturated carbocycles. The van der Waals surface area contributed by atoms with Gasteiger partial charge in [-0.15, -0.1) is 11.3 Å². The number of aromatic hydroxyl groups is 1. The highest BCUT2D eigenvalue weighted by atomic mass is 32.1. The molecule has 0 atom stereocenters. The van der Waals surface area contributed by atoms with Crippen molar-refractivity contribution in [3.63, 3.8) is 0 Å². The van der Waals surface area contributed by atoms with Gasteiger partial charge in [0.05, 0.1) is 0 Å². The van der Waals surface area contributed by atoms with Crippen LogP contribution >= 0.6 is 11.3 Å². The molecule has 2 N–H and O–H groups in total. The number of hydrogen-bond acceptors (Lipinski definition) is 4. The maximum absolute atomic E-state index is 9.68. The van der Waals surface area contributed by atoms with E-state index in [4.69, 9.17) is 0 Å². The summed E-state index contributed by atoms with van der Waals surface area (Å²) in [7, 11) is 0. The van der Waals surface area contributed by atoms with Gasteiger partial charge in [0.1, 0.15) is 10.8 Å². The Kier molecular flexibility index (Phi) is 3.76. The molecular weight excluding hydrogens is 232 g/mol. The van der Waals surface area contributed by atoms with Crippen LogP contribution in [-0.2, 0) is 13.1 Å². The molecule has 0 amide bonds. The number of phenolic OH excluding ortho intramolecular Hbond substituents is 1. The average Bonchev–Trinajstić information content (AvgIpc) is 2.69. The van der Waals surface area contributed by atoms with E-state index < -0.39 is 0 Å². The van der Waals surface area contributed by atoms with Gasteiger partial charge in [0.2, 0.25) is 0 Å². The van der Waals surface area contributed by atoms with Gasteiger partial charge in [-0.25, -0.2) is 4.98 Å². The van der Waals surface area contributed by atoms with Crippen LogP contribution in [0.3, 0.4) is 0 Å². The standard InChI is InChI=1S/C13H16N2OS/c1-9-3-4-12(16)11(5-9)7-14-8-13-15-6-10(2)17-13/h3-6,14,16H,7-8H2,1-2H3. The van der Waals surface area contributed by atoms with E-state index in [1.165, 1.54) is 4.88 Å². The summed E-state index contributed by atoms with van der Waals surface area (Å²) >= 11 is 1.69. The molecule has 1 aromatic carbocycles. The maximum Gasteiger partial charge on any atom is 0.120 e. The molecule has 90 valence electrons. The van der Waals surface area contributed by atoms with Crippen molar-refractivity contribution in [1.82, 2.24) is 10.3 Å². The van der Waals surface area contributed by atoms with Crippen LogP contribution in [0.15, 0.2) is 24.4 Å². The predicted octanol–water partition coefficient (Wildman–Crippen LogP) is 2.76. The third-order valence-electron chi connectivity index (χ3n) is 2.50. The van der Waals surface area contributed by atoms with Gasteiger partial charge in [0, 0.05) is 29.7 Å². The Hall–Kier alpha value is -1.39. The van der Waals surface area contributed by atoms with Crippen molar-refractivity contribution in [2.75, 3.05) is 0 Å². The van der Waals surface area contributed by atoms with Crippen molar-refractivity contribution in [1.29, 1.82) is 0 Å². The number of rotatable bonds is 4. The van der Waals surface area contributed by atoms with E-state index in [1.807, 2.05) is 32.2 Å². The zero-order chi connectivity index (χ0) is 12.3. The van der Waals surface area contributed by atoms with Crippen molar-refractivity contribution in [2.24, 2.45) is 0 Å². The van der Waals surface area contributed by atoms with E-state index in [0.717, 1.165) is 22.7 Å². The summed E-state index contributed by atoms with van der Waals surface area (Å²) in [5, 5.41) is 14.0. The van der Waals surface area contributed by atoms with Gasteiger partial charge in [-0.05, 0) is 19.9 Å². The van der Waals surface area contributed by atoms with Gasteiger partial charge in [0.15, 0.2) is 0 Å². The fourth-order valence-electron chi connectivity index (χ4n) is 1.64. The van der Waals surface area contributed by atoms with Gasteiger partial charge in [-0.3, -0.25) is 0 Å². The van der Waals surface area contributed by atoms with Crippen LogP contribution in [0.1, 0.15) is 21.0 Å². The first-order chi connectivity index (χ1) is 8.15. The highest BCUT2D eigenvalue weighted by molar-refractivity contribution is 7.11. The molecule has 17 heavy (non-hydrogen) atoms. The van der Waals surface area contributed by atoms with E-state index in [1.54, 1.807) is 17.4 Å². The van der Waals surface area contributed by atoms with Crippen LogP contribution < -0.4 is 5.32 Å². The Morgan fingerprint density at radius 2 is 2.12 bits per heavy atom. The second-order valence-corrected chi connectivity index (χ2v) is 5.42. The molecule has 4 heteroatoms. The molecule has 0 saturated heterocycles. The van der Waals surface area contributed by atoms with Crippen molar-refractivity contribution >= 4 is 11.3 Å². The van der Waals surface area contributed by atoms with E-state index in [9.17, 15) is 5.11 Å². The quantitative estimate of drug-likeness (QED) is 0.874. The molecule has 0 aliphatic carbocycles.